The molecule has 1 saturated heterocycles. The molecule has 2 rings (SSSR count). The van der Waals surface area contributed by atoms with Gasteiger partial charge in [0.25, 0.3) is 0 Å². The van der Waals surface area contributed by atoms with E-state index in [1.165, 1.54) is 5.75 Å². The number of nitrogens with two attached hydrogens (primary N) is 1. The fraction of sp³-hybridized carbons (Fsp3) is 0.857. The maximum Gasteiger partial charge on any atom is 0.231 e. The second-order valence-electron chi connectivity index (χ2n) is 6.76. The van der Waals surface area contributed by atoms with Crippen molar-refractivity contribution < 1.29 is 4.52 Å². The van der Waals surface area contributed by atoms with Crippen molar-refractivity contribution in [3.8, 4) is 0 Å². The number of hydrogen-bond acceptors (Lipinski definition) is 6. The highest BCUT2D eigenvalue weighted by Crippen LogP contribution is 2.31. The molecule has 0 saturated carbocycles. The van der Waals surface area contributed by atoms with Crippen LogP contribution in [0.1, 0.15) is 50.9 Å². The average molecular weight is 298 g/mol. The lowest BCUT2D eigenvalue weighted by Crippen LogP contribution is -2.33. The van der Waals surface area contributed by atoms with E-state index in [0.29, 0.717) is 12.4 Å². The summed E-state index contributed by atoms with van der Waals surface area (Å²) in [4.78, 5) is 6.92. The third-order valence-corrected chi connectivity index (χ3v) is 4.67. The van der Waals surface area contributed by atoms with E-state index in [2.05, 4.69) is 42.9 Å². The van der Waals surface area contributed by atoms with Crippen molar-refractivity contribution >= 4 is 11.8 Å². The molecular weight excluding hydrogens is 272 g/mol. The van der Waals surface area contributed by atoms with Crippen LogP contribution in [-0.2, 0) is 0 Å². The van der Waals surface area contributed by atoms with E-state index < -0.39 is 0 Å². The number of hydrogen-bond donors (Lipinski definition) is 1. The first-order valence-electron chi connectivity index (χ1n) is 7.22. The highest BCUT2D eigenvalue weighted by atomic mass is 32.2. The van der Waals surface area contributed by atoms with Gasteiger partial charge in [0, 0.05) is 24.6 Å². The van der Waals surface area contributed by atoms with Gasteiger partial charge in [-0.2, -0.15) is 16.7 Å². The molecule has 0 amide bonds. The molecule has 2 N–H and O–H groups in total. The zero-order chi connectivity index (χ0) is 14.8. The summed E-state index contributed by atoms with van der Waals surface area (Å²) < 4.78 is 5.49. The third-order valence-electron chi connectivity index (χ3n) is 3.64. The molecule has 0 aliphatic carbocycles. The Kier molecular flexibility index (Phi) is 5.09. The summed E-state index contributed by atoms with van der Waals surface area (Å²) in [5, 5.41) is 4.19. The van der Waals surface area contributed by atoms with E-state index >= 15 is 0 Å². The van der Waals surface area contributed by atoms with Gasteiger partial charge in [0.1, 0.15) is 0 Å². The Morgan fingerprint density at radius 2 is 2.25 bits per heavy atom. The van der Waals surface area contributed by atoms with Gasteiger partial charge < -0.3 is 10.3 Å². The van der Waals surface area contributed by atoms with E-state index in [9.17, 15) is 0 Å². The van der Waals surface area contributed by atoms with Crippen LogP contribution in [0.3, 0.4) is 0 Å². The minimum Gasteiger partial charge on any atom is -0.339 e. The summed E-state index contributed by atoms with van der Waals surface area (Å²) >= 11 is 1.95. The minimum absolute atomic E-state index is 0.151. The van der Waals surface area contributed by atoms with Crippen molar-refractivity contribution in [1.29, 1.82) is 0 Å². The molecule has 0 aromatic carbocycles. The molecule has 1 aromatic heterocycles. The summed E-state index contributed by atoms with van der Waals surface area (Å²) in [6.45, 7) is 8.24. The molecule has 0 radical (unpaired) electrons. The molecule has 1 fully saturated rings. The standard InChI is InChI=1S/C14H26N4OS/c1-14(2,3)7-10(8-15)13-16-12(17-19-13)11-9-20-6-5-18(11)4/h10-11H,5-9,15H2,1-4H3. The zero-order valence-corrected chi connectivity index (χ0v) is 13.7. The van der Waals surface area contributed by atoms with Crippen LogP contribution in [-0.4, -0.2) is 46.7 Å². The lowest BCUT2D eigenvalue weighted by molar-refractivity contribution is 0.253. The maximum atomic E-state index is 5.88. The summed E-state index contributed by atoms with van der Waals surface area (Å²) in [6.07, 6.45) is 0.959. The Morgan fingerprint density at radius 1 is 1.50 bits per heavy atom. The van der Waals surface area contributed by atoms with Gasteiger partial charge in [-0.05, 0) is 18.9 Å². The predicted octanol–water partition coefficient (Wildman–Crippen LogP) is 2.27. The quantitative estimate of drug-likeness (QED) is 0.919. The second-order valence-corrected chi connectivity index (χ2v) is 7.91. The Balaban J connectivity index is 2.10. The highest BCUT2D eigenvalue weighted by Gasteiger charge is 2.29. The van der Waals surface area contributed by atoms with Crippen LogP contribution in [0, 0.1) is 5.41 Å². The number of rotatable bonds is 4. The van der Waals surface area contributed by atoms with Gasteiger partial charge in [-0.15, -0.1) is 0 Å². The minimum atomic E-state index is 0.151. The Labute approximate surface area is 125 Å². The third kappa shape index (κ3) is 3.96. The molecule has 2 unspecified atom stereocenters. The summed E-state index contributed by atoms with van der Waals surface area (Å²) in [5.41, 5.74) is 6.09. The van der Waals surface area contributed by atoms with E-state index in [4.69, 9.17) is 10.3 Å². The average Bonchev–Trinajstić information content (AvgIpc) is 2.84. The molecule has 20 heavy (non-hydrogen) atoms. The first-order valence-corrected chi connectivity index (χ1v) is 8.38. The topological polar surface area (TPSA) is 68.2 Å². The van der Waals surface area contributed by atoms with E-state index in [1.54, 1.807) is 0 Å². The Morgan fingerprint density at radius 3 is 2.85 bits per heavy atom. The lowest BCUT2D eigenvalue weighted by atomic mass is 9.84. The molecule has 0 bridgehead atoms. The van der Waals surface area contributed by atoms with Gasteiger partial charge >= 0.3 is 0 Å². The van der Waals surface area contributed by atoms with Gasteiger partial charge in [0.2, 0.25) is 5.89 Å². The molecule has 6 heteroatoms. The molecule has 1 aromatic rings. The monoisotopic (exact) mass is 298 g/mol. The number of aromatic nitrogens is 2. The molecule has 2 heterocycles. The van der Waals surface area contributed by atoms with Crippen LogP contribution >= 0.6 is 11.8 Å². The zero-order valence-electron chi connectivity index (χ0n) is 12.9. The Bertz CT molecular complexity index is 429. The van der Waals surface area contributed by atoms with Gasteiger partial charge in [-0.1, -0.05) is 25.9 Å². The highest BCUT2D eigenvalue weighted by molar-refractivity contribution is 7.99. The van der Waals surface area contributed by atoms with Crippen LogP contribution in [0.15, 0.2) is 4.52 Å². The first-order chi connectivity index (χ1) is 9.40. The summed E-state index contributed by atoms with van der Waals surface area (Å²) in [6, 6.07) is 0.263. The SMILES string of the molecule is CN1CCSCC1c1noc(C(CN)CC(C)(C)C)n1. The van der Waals surface area contributed by atoms with E-state index in [1.807, 2.05) is 11.8 Å². The predicted molar refractivity (Wildman–Crippen MR) is 82.9 cm³/mol. The van der Waals surface area contributed by atoms with E-state index in [-0.39, 0.29) is 17.4 Å². The van der Waals surface area contributed by atoms with Crippen LogP contribution in [0.2, 0.25) is 0 Å². The van der Waals surface area contributed by atoms with Crippen molar-refractivity contribution in [2.75, 3.05) is 31.6 Å². The molecule has 2 atom stereocenters. The molecule has 0 spiro atoms. The van der Waals surface area contributed by atoms with Crippen LogP contribution in [0.25, 0.3) is 0 Å². The lowest BCUT2D eigenvalue weighted by Gasteiger charge is -2.29. The summed E-state index contributed by atoms with van der Waals surface area (Å²) in [7, 11) is 2.12. The van der Waals surface area contributed by atoms with Crippen LogP contribution in [0.4, 0.5) is 0 Å². The molecule has 1 aliphatic rings. The molecular formula is C14H26N4OS. The Hall–Kier alpha value is -0.590. The van der Waals surface area contributed by atoms with Crippen molar-refractivity contribution in [3.05, 3.63) is 11.7 Å². The fourth-order valence-corrected chi connectivity index (χ4v) is 3.73. The normalized spacial score (nSPS) is 22.9. The molecule has 114 valence electrons. The fourth-order valence-electron chi connectivity index (χ4n) is 2.52. The van der Waals surface area contributed by atoms with Crippen molar-refractivity contribution in [2.24, 2.45) is 11.1 Å². The second kappa shape index (κ2) is 6.45. The van der Waals surface area contributed by atoms with Gasteiger partial charge in [-0.25, -0.2) is 0 Å². The van der Waals surface area contributed by atoms with Crippen LogP contribution in [0.5, 0.6) is 0 Å². The summed E-state index contributed by atoms with van der Waals surface area (Å²) in [5.74, 6) is 3.86. The van der Waals surface area contributed by atoms with Crippen LogP contribution < -0.4 is 5.73 Å². The van der Waals surface area contributed by atoms with Crippen molar-refractivity contribution in [1.82, 2.24) is 15.0 Å². The van der Waals surface area contributed by atoms with E-state index in [0.717, 1.165) is 24.5 Å². The first kappa shape index (κ1) is 15.8. The molecule has 1 aliphatic heterocycles. The number of thioether (sulfide) groups is 1. The van der Waals surface area contributed by atoms with Gasteiger partial charge in [0.05, 0.1) is 12.0 Å². The number of nitrogens with zero attached hydrogens (tertiary/aromatic N) is 3. The largest absolute Gasteiger partial charge is 0.339 e. The molecule has 5 nitrogen and oxygen atoms in total. The van der Waals surface area contributed by atoms with Crippen molar-refractivity contribution in [3.63, 3.8) is 0 Å². The van der Waals surface area contributed by atoms with Crippen molar-refractivity contribution in [2.45, 2.75) is 39.2 Å². The smallest absolute Gasteiger partial charge is 0.231 e. The van der Waals surface area contributed by atoms with Gasteiger partial charge in [-0.3, -0.25) is 4.90 Å². The maximum absolute atomic E-state index is 5.88. The van der Waals surface area contributed by atoms with Gasteiger partial charge in [0.15, 0.2) is 5.82 Å².